The van der Waals surface area contributed by atoms with Gasteiger partial charge in [-0.2, -0.15) is 0 Å². The van der Waals surface area contributed by atoms with Crippen molar-refractivity contribution in [3.63, 3.8) is 0 Å². The lowest BCUT2D eigenvalue weighted by Crippen LogP contribution is -2.11. The monoisotopic (exact) mass is 713 g/mol. The molecule has 11 rings (SSSR count). The van der Waals surface area contributed by atoms with Crippen molar-refractivity contribution in [2.24, 2.45) is 0 Å². The molecule has 56 heavy (non-hydrogen) atoms. The van der Waals surface area contributed by atoms with E-state index in [1.807, 2.05) is 6.07 Å². The Kier molecular flexibility index (Phi) is 7.53. The highest BCUT2D eigenvalue weighted by Gasteiger charge is 2.21. The molecule has 10 aromatic carbocycles. The van der Waals surface area contributed by atoms with Crippen LogP contribution in [0.3, 0.4) is 0 Å². The third-order valence-corrected chi connectivity index (χ3v) is 11.2. The number of rotatable bonds is 6. The molecule has 0 bridgehead atoms. The number of nitrogens with zero attached hydrogens (tertiary/aromatic N) is 1. The van der Waals surface area contributed by atoms with Crippen LogP contribution in [0.2, 0.25) is 0 Å². The molecule has 1 heterocycles. The number of benzene rings is 10. The van der Waals surface area contributed by atoms with E-state index in [4.69, 9.17) is 4.42 Å². The summed E-state index contributed by atoms with van der Waals surface area (Å²) in [6, 6.07) is 76.6. The molecule has 1 aromatic heterocycles. The zero-order valence-corrected chi connectivity index (χ0v) is 30.6. The lowest BCUT2D eigenvalue weighted by molar-refractivity contribution is 0.669. The van der Waals surface area contributed by atoms with Gasteiger partial charge in [0, 0.05) is 27.7 Å². The normalized spacial score (nSPS) is 11.6. The van der Waals surface area contributed by atoms with Crippen LogP contribution in [0.1, 0.15) is 0 Å². The van der Waals surface area contributed by atoms with Crippen LogP contribution in [0.25, 0.3) is 87.6 Å². The third kappa shape index (κ3) is 5.34. The third-order valence-electron chi connectivity index (χ3n) is 11.2. The van der Waals surface area contributed by atoms with Crippen molar-refractivity contribution in [3.05, 3.63) is 212 Å². The van der Waals surface area contributed by atoms with Gasteiger partial charge in [-0.15, -0.1) is 0 Å². The van der Waals surface area contributed by atoms with Crippen molar-refractivity contribution in [3.8, 4) is 33.4 Å². The second kappa shape index (κ2) is 13.2. The quantitative estimate of drug-likeness (QED) is 0.160. The molecule has 0 atom stereocenters. The van der Waals surface area contributed by atoms with E-state index < -0.39 is 0 Å². The van der Waals surface area contributed by atoms with E-state index in [0.717, 1.165) is 50.1 Å². The first-order valence-electron chi connectivity index (χ1n) is 19.2. The largest absolute Gasteiger partial charge is 0.456 e. The zero-order valence-electron chi connectivity index (χ0n) is 30.6. The van der Waals surface area contributed by atoms with Gasteiger partial charge in [0.2, 0.25) is 0 Å². The lowest BCUT2D eigenvalue weighted by atomic mass is 9.94. The summed E-state index contributed by atoms with van der Waals surface area (Å²) < 4.78 is 6.38. The van der Waals surface area contributed by atoms with Crippen molar-refractivity contribution >= 4 is 71.3 Å². The van der Waals surface area contributed by atoms with E-state index in [2.05, 4.69) is 211 Å². The Labute approximate surface area is 325 Å². The van der Waals surface area contributed by atoms with Crippen molar-refractivity contribution in [1.82, 2.24) is 0 Å². The van der Waals surface area contributed by atoms with Gasteiger partial charge in [0.25, 0.3) is 0 Å². The van der Waals surface area contributed by atoms with E-state index in [-0.39, 0.29) is 0 Å². The van der Waals surface area contributed by atoms with Crippen LogP contribution in [0.15, 0.2) is 217 Å². The molecular weight excluding hydrogens is 679 g/mol. The van der Waals surface area contributed by atoms with Crippen molar-refractivity contribution in [1.29, 1.82) is 0 Å². The van der Waals surface area contributed by atoms with Gasteiger partial charge in [0.1, 0.15) is 11.2 Å². The molecule has 0 saturated heterocycles. The van der Waals surface area contributed by atoms with Gasteiger partial charge in [0.05, 0.1) is 5.69 Å². The maximum Gasteiger partial charge on any atom is 0.136 e. The predicted molar refractivity (Wildman–Crippen MR) is 237 cm³/mol. The maximum absolute atomic E-state index is 6.38. The Hall–Kier alpha value is -7.42. The second-order valence-electron chi connectivity index (χ2n) is 14.5. The average Bonchev–Trinajstić information content (AvgIpc) is 3.66. The Balaban J connectivity index is 1.10. The smallest absolute Gasteiger partial charge is 0.136 e. The fraction of sp³-hybridized carbons (Fsp3) is 0. The first kappa shape index (κ1) is 32.0. The first-order valence-corrected chi connectivity index (χ1v) is 19.2. The highest BCUT2D eigenvalue weighted by molar-refractivity contribution is 6.14. The van der Waals surface area contributed by atoms with E-state index in [0.29, 0.717) is 0 Å². The summed E-state index contributed by atoms with van der Waals surface area (Å²) in [6.07, 6.45) is 0. The van der Waals surface area contributed by atoms with Crippen LogP contribution >= 0.6 is 0 Å². The van der Waals surface area contributed by atoms with Gasteiger partial charge in [-0.3, -0.25) is 0 Å². The molecule has 0 aliphatic carbocycles. The lowest BCUT2D eigenvalue weighted by Gasteiger charge is -2.28. The molecule has 0 amide bonds. The number of hydrogen-bond donors (Lipinski definition) is 0. The summed E-state index contributed by atoms with van der Waals surface area (Å²) in [5.41, 5.74) is 12.1. The summed E-state index contributed by atoms with van der Waals surface area (Å²) in [6.45, 7) is 0. The Morgan fingerprint density at radius 2 is 0.929 bits per heavy atom. The van der Waals surface area contributed by atoms with Crippen molar-refractivity contribution in [2.75, 3.05) is 4.90 Å². The molecule has 2 heteroatoms. The van der Waals surface area contributed by atoms with Gasteiger partial charge in [-0.05, 0) is 109 Å². The summed E-state index contributed by atoms with van der Waals surface area (Å²) in [4.78, 5) is 2.40. The maximum atomic E-state index is 6.38. The van der Waals surface area contributed by atoms with Crippen LogP contribution in [-0.4, -0.2) is 0 Å². The van der Waals surface area contributed by atoms with E-state index in [9.17, 15) is 0 Å². The number of fused-ring (bicyclic) bond motifs is 7. The minimum atomic E-state index is 0.885. The SMILES string of the molecule is c1cc(-c2ccc3ccccc3c2)cc(N(c2ccc(-c3cccc4c3ccc3ccccc34)cc2)c2ccccc2-c2cccc3oc4ccccc4c23)c1. The highest BCUT2D eigenvalue weighted by Crippen LogP contribution is 2.46. The van der Waals surface area contributed by atoms with Crippen molar-refractivity contribution in [2.45, 2.75) is 0 Å². The van der Waals surface area contributed by atoms with Gasteiger partial charge in [0.15, 0.2) is 0 Å². The van der Waals surface area contributed by atoms with Crippen LogP contribution in [0, 0.1) is 0 Å². The molecule has 0 N–H and O–H groups in total. The molecule has 262 valence electrons. The summed E-state index contributed by atoms with van der Waals surface area (Å²) >= 11 is 0. The molecule has 0 unspecified atom stereocenters. The Morgan fingerprint density at radius 1 is 0.304 bits per heavy atom. The second-order valence-corrected chi connectivity index (χ2v) is 14.5. The van der Waals surface area contributed by atoms with Crippen LogP contribution in [0.5, 0.6) is 0 Å². The molecule has 0 fully saturated rings. The standard InChI is InChI=1S/C54H35NO/c1-2-14-39-34-41(27-26-36(39)12-1)40-15-9-16-43(35-40)55(51-23-7-5-18-48(51)49-22-11-25-53-54(49)50-19-6-8-24-52(50)56-53)42-31-28-38(29-32-42)45-20-10-21-46-44-17-4-3-13-37(44)30-33-47(45)46/h1-35H. The van der Waals surface area contributed by atoms with Crippen LogP contribution in [0.4, 0.5) is 17.1 Å². The van der Waals surface area contributed by atoms with Crippen LogP contribution in [-0.2, 0) is 0 Å². The first-order chi connectivity index (χ1) is 27.8. The molecule has 0 spiro atoms. The number of para-hydroxylation sites is 2. The molecular formula is C54H35NO. The summed E-state index contributed by atoms with van der Waals surface area (Å²) in [5, 5.41) is 9.77. The summed E-state index contributed by atoms with van der Waals surface area (Å²) in [5.74, 6) is 0. The number of furan rings is 1. The minimum Gasteiger partial charge on any atom is -0.456 e. The van der Waals surface area contributed by atoms with Gasteiger partial charge < -0.3 is 9.32 Å². The van der Waals surface area contributed by atoms with E-state index in [1.54, 1.807) is 0 Å². The highest BCUT2D eigenvalue weighted by atomic mass is 16.3. The average molecular weight is 714 g/mol. The summed E-state index contributed by atoms with van der Waals surface area (Å²) in [7, 11) is 0. The van der Waals surface area contributed by atoms with Crippen LogP contribution < -0.4 is 4.90 Å². The molecule has 2 nitrogen and oxygen atoms in total. The molecule has 11 aromatic rings. The predicted octanol–water partition coefficient (Wildman–Crippen LogP) is 15.5. The Morgan fingerprint density at radius 3 is 1.84 bits per heavy atom. The van der Waals surface area contributed by atoms with Gasteiger partial charge >= 0.3 is 0 Å². The van der Waals surface area contributed by atoms with E-state index >= 15 is 0 Å². The molecule has 0 saturated carbocycles. The van der Waals surface area contributed by atoms with Crippen molar-refractivity contribution < 1.29 is 4.42 Å². The van der Waals surface area contributed by atoms with E-state index in [1.165, 1.54) is 54.6 Å². The van der Waals surface area contributed by atoms with Gasteiger partial charge in [-0.25, -0.2) is 0 Å². The minimum absolute atomic E-state index is 0.885. The molecule has 0 aliphatic rings. The fourth-order valence-corrected chi connectivity index (χ4v) is 8.60. The van der Waals surface area contributed by atoms with Gasteiger partial charge in [-0.1, -0.05) is 164 Å². The molecule has 0 radical (unpaired) electrons. The number of anilines is 3. The fourth-order valence-electron chi connectivity index (χ4n) is 8.60. The number of hydrogen-bond acceptors (Lipinski definition) is 2. The molecule has 0 aliphatic heterocycles. The zero-order chi connectivity index (χ0) is 37.0. The Bertz CT molecular complexity index is 3260. The topological polar surface area (TPSA) is 16.4 Å².